The second-order valence-corrected chi connectivity index (χ2v) is 5.46. The van der Waals surface area contributed by atoms with Gasteiger partial charge < -0.3 is 14.6 Å². The second-order valence-electron chi connectivity index (χ2n) is 5.46. The van der Waals surface area contributed by atoms with Crippen molar-refractivity contribution >= 4 is 12.1 Å². The fourth-order valence-electron chi connectivity index (χ4n) is 2.34. The quantitative estimate of drug-likeness (QED) is 0.708. The molecule has 2 aromatic carbocycles. The summed E-state index contributed by atoms with van der Waals surface area (Å²) in [5.74, 6) is -0.477. The summed E-state index contributed by atoms with van der Waals surface area (Å²) in [5.41, 5.74) is 1.57. The van der Waals surface area contributed by atoms with Gasteiger partial charge in [0.25, 0.3) is 0 Å². The first-order valence-electron chi connectivity index (χ1n) is 8.13. The van der Waals surface area contributed by atoms with E-state index in [0.717, 1.165) is 16.9 Å². The number of carboxylic acid groups (broad SMARTS) is 1. The molecule has 2 aromatic rings. The molecule has 6 heteroatoms. The molecule has 0 unspecified atom stereocenters. The number of aryl methyl sites for hydroxylation is 1. The number of nitrogens with one attached hydrogen (secondary N) is 1. The van der Waals surface area contributed by atoms with Crippen molar-refractivity contribution in [2.75, 3.05) is 7.11 Å². The van der Waals surface area contributed by atoms with Gasteiger partial charge in [0.15, 0.2) is 0 Å². The highest BCUT2D eigenvalue weighted by atomic mass is 16.5. The summed E-state index contributed by atoms with van der Waals surface area (Å²) >= 11 is 0. The Labute approximate surface area is 152 Å². The van der Waals surface area contributed by atoms with Crippen LogP contribution in [0.15, 0.2) is 66.4 Å². The first-order valence-corrected chi connectivity index (χ1v) is 8.13. The van der Waals surface area contributed by atoms with Gasteiger partial charge in [0, 0.05) is 0 Å². The standard InChI is InChI=1S/C20H21NO5/c1-25-18-13-6-5-10-16(18)11-7-12-17(19(22)23)21-20(24)26-14-15-8-3-2-4-9-15/h2-6,8-10,12-13H,7,11,14H2,1H3,(H,21,24)(H,22,23)/b17-12-. The van der Waals surface area contributed by atoms with Crippen LogP contribution in [-0.4, -0.2) is 24.3 Å². The third-order valence-corrected chi connectivity index (χ3v) is 3.63. The van der Waals surface area contributed by atoms with Crippen LogP contribution in [0.1, 0.15) is 17.5 Å². The van der Waals surface area contributed by atoms with E-state index in [1.165, 1.54) is 6.08 Å². The number of carboxylic acids is 1. The maximum atomic E-state index is 11.8. The smallest absolute Gasteiger partial charge is 0.412 e. The lowest BCUT2D eigenvalue weighted by Gasteiger charge is -2.09. The molecule has 136 valence electrons. The zero-order valence-electron chi connectivity index (χ0n) is 14.5. The number of hydrogen-bond acceptors (Lipinski definition) is 4. The van der Waals surface area contributed by atoms with Gasteiger partial charge in [-0.05, 0) is 30.0 Å². The lowest BCUT2D eigenvalue weighted by Crippen LogP contribution is -2.28. The van der Waals surface area contributed by atoms with Gasteiger partial charge in [-0.2, -0.15) is 0 Å². The molecule has 0 radical (unpaired) electrons. The lowest BCUT2D eigenvalue weighted by atomic mass is 10.1. The number of carbonyl (C=O) groups is 2. The Morgan fingerprint density at radius 2 is 1.77 bits per heavy atom. The van der Waals surface area contributed by atoms with Crippen LogP contribution in [0.2, 0.25) is 0 Å². The molecule has 1 amide bonds. The summed E-state index contributed by atoms with van der Waals surface area (Å²) in [4.78, 5) is 23.1. The molecule has 26 heavy (non-hydrogen) atoms. The molecule has 2 rings (SSSR count). The van der Waals surface area contributed by atoms with Crippen LogP contribution in [0.4, 0.5) is 4.79 Å². The average Bonchev–Trinajstić information content (AvgIpc) is 2.66. The molecule has 0 saturated carbocycles. The molecule has 0 saturated heterocycles. The van der Waals surface area contributed by atoms with Gasteiger partial charge in [0.05, 0.1) is 7.11 Å². The van der Waals surface area contributed by atoms with E-state index in [2.05, 4.69) is 5.32 Å². The number of rotatable bonds is 8. The SMILES string of the molecule is COc1ccccc1CC/C=C(\NC(=O)OCc1ccccc1)C(=O)O. The number of amides is 1. The van der Waals surface area contributed by atoms with Gasteiger partial charge >= 0.3 is 12.1 Å². The Hall–Kier alpha value is -3.28. The van der Waals surface area contributed by atoms with Crippen LogP contribution >= 0.6 is 0 Å². The number of para-hydroxylation sites is 1. The van der Waals surface area contributed by atoms with E-state index in [0.29, 0.717) is 12.8 Å². The molecule has 2 N–H and O–H groups in total. The summed E-state index contributed by atoms with van der Waals surface area (Å²) < 4.78 is 10.3. The van der Waals surface area contributed by atoms with Gasteiger partial charge in [-0.3, -0.25) is 5.32 Å². The Morgan fingerprint density at radius 3 is 2.46 bits per heavy atom. The minimum atomic E-state index is -1.22. The monoisotopic (exact) mass is 355 g/mol. The summed E-state index contributed by atoms with van der Waals surface area (Å²) in [5, 5.41) is 11.5. The Kier molecular flexibility index (Phi) is 7.24. The van der Waals surface area contributed by atoms with E-state index in [1.807, 2.05) is 54.6 Å². The zero-order valence-corrected chi connectivity index (χ0v) is 14.5. The number of benzene rings is 2. The number of allylic oxidation sites excluding steroid dienone is 1. The van der Waals surface area contributed by atoms with E-state index >= 15 is 0 Å². The van der Waals surface area contributed by atoms with Crippen LogP contribution in [0.3, 0.4) is 0 Å². The molecular weight excluding hydrogens is 334 g/mol. The van der Waals surface area contributed by atoms with Gasteiger partial charge in [-0.25, -0.2) is 9.59 Å². The topological polar surface area (TPSA) is 84.9 Å². The third kappa shape index (κ3) is 5.98. The van der Waals surface area contributed by atoms with Gasteiger partial charge in [-0.1, -0.05) is 54.6 Å². The van der Waals surface area contributed by atoms with E-state index in [4.69, 9.17) is 9.47 Å². The Morgan fingerprint density at radius 1 is 1.08 bits per heavy atom. The van der Waals surface area contributed by atoms with Crippen molar-refractivity contribution in [3.05, 3.63) is 77.5 Å². The van der Waals surface area contributed by atoms with Gasteiger partial charge in [0.2, 0.25) is 0 Å². The molecule has 0 heterocycles. The molecule has 0 spiro atoms. The van der Waals surface area contributed by atoms with Crippen molar-refractivity contribution in [2.45, 2.75) is 19.4 Å². The minimum absolute atomic E-state index is 0.0702. The van der Waals surface area contributed by atoms with Crippen LogP contribution in [0, 0.1) is 0 Å². The molecule has 0 bridgehead atoms. The van der Waals surface area contributed by atoms with E-state index in [-0.39, 0.29) is 12.3 Å². The summed E-state index contributed by atoms with van der Waals surface area (Å²) in [6.45, 7) is 0.0702. The van der Waals surface area contributed by atoms with E-state index < -0.39 is 12.1 Å². The third-order valence-electron chi connectivity index (χ3n) is 3.63. The number of carbonyl (C=O) groups excluding carboxylic acids is 1. The highest BCUT2D eigenvalue weighted by Gasteiger charge is 2.12. The zero-order chi connectivity index (χ0) is 18.8. The number of aliphatic carboxylic acids is 1. The van der Waals surface area contributed by atoms with Crippen molar-refractivity contribution in [3.63, 3.8) is 0 Å². The molecule has 0 atom stereocenters. The largest absolute Gasteiger partial charge is 0.496 e. The molecule has 0 aliphatic carbocycles. The van der Waals surface area contributed by atoms with E-state index in [9.17, 15) is 14.7 Å². The van der Waals surface area contributed by atoms with Crippen LogP contribution in [-0.2, 0) is 22.6 Å². The first kappa shape index (κ1) is 19.1. The summed E-state index contributed by atoms with van der Waals surface area (Å²) in [6, 6.07) is 16.7. The first-order chi connectivity index (χ1) is 12.6. The summed E-state index contributed by atoms with van der Waals surface area (Å²) in [6.07, 6.45) is 1.67. The van der Waals surface area contributed by atoms with Crippen molar-refractivity contribution in [3.8, 4) is 5.75 Å². The van der Waals surface area contributed by atoms with Crippen molar-refractivity contribution in [2.24, 2.45) is 0 Å². The Balaban J connectivity index is 1.89. The number of ether oxygens (including phenoxy) is 2. The van der Waals surface area contributed by atoms with Crippen LogP contribution in [0.25, 0.3) is 0 Å². The lowest BCUT2D eigenvalue weighted by molar-refractivity contribution is -0.133. The summed E-state index contributed by atoms with van der Waals surface area (Å²) in [7, 11) is 1.58. The number of hydrogen-bond donors (Lipinski definition) is 2. The second kappa shape index (κ2) is 9.88. The molecule has 0 aliphatic heterocycles. The normalized spacial score (nSPS) is 10.9. The maximum absolute atomic E-state index is 11.8. The molecule has 0 aliphatic rings. The van der Waals surface area contributed by atoms with Crippen molar-refractivity contribution in [1.82, 2.24) is 5.32 Å². The fraction of sp³-hybridized carbons (Fsp3) is 0.200. The highest BCUT2D eigenvalue weighted by molar-refractivity contribution is 5.90. The predicted octanol–water partition coefficient (Wildman–Crippen LogP) is 3.52. The molecule has 0 aromatic heterocycles. The molecule has 0 fully saturated rings. The van der Waals surface area contributed by atoms with Crippen molar-refractivity contribution < 1.29 is 24.2 Å². The Bertz CT molecular complexity index is 771. The van der Waals surface area contributed by atoms with E-state index in [1.54, 1.807) is 7.11 Å². The maximum Gasteiger partial charge on any atom is 0.412 e. The van der Waals surface area contributed by atoms with Crippen LogP contribution < -0.4 is 10.1 Å². The number of methoxy groups -OCH3 is 1. The molecule has 6 nitrogen and oxygen atoms in total. The average molecular weight is 355 g/mol. The highest BCUT2D eigenvalue weighted by Crippen LogP contribution is 2.19. The van der Waals surface area contributed by atoms with Crippen LogP contribution in [0.5, 0.6) is 5.75 Å². The van der Waals surface area contributed by atoms with Gasteiger partial charge in [-0.15, -0.1) is 0 Å². The predicted molar refractivity (Wildman–Crippen MR) is 96.8 cm³/mol. The fourth-order valence-corrected chi connectivity index (χ4v) is 2.34. The molecular formula is C20H21NO5. The number of alkyl carbamates (subject to hydrolysis) is 1. The van der Waals surface area contributed by atoms with Crippen molar-refractivity contribution in [1.29, 1.82) is 0 Å². The van der Waals surface area contributed by atoms with Gasteiger partial charge in [0.1, 0.15) is 18.1 Å². The minimum Gasteiger partial charge on any atom is -0.496 e.